The second-order valence-corrected chi connectivity index (χ2v) is 15.0. The summed E-state index contributed by atoms with van der Waals surface area (Å²) in [7, 11) is 0. The molecule has 0 atom stereocenters. The fourth-order valence-electron chi connectivity index (χ4n) is 5.71. The first kappa shape index (κ1) is 21.1. The molecule has 4 aromatic heterocycles. The van der Waals surface area contributed by atoms with Gasteiger partial charge in [0, 0.05) is 45.0 Å². The average Bonchev–Trinajstić information content (AvgIpc) is 3.58. The van der Waals surface area contributed by atoms with Crippen LogP contribution in [-0.4, -0.2) is 0 Å². The number of fused-ring (bicyclic) bond motifs is 6. The van der Waals surface area contributed by atoms with Crippen LogP contribution in [-0.2, 0) is 10.8 Å². The molecule has 2 N–H and O–H groups in total. The Labute approximate surface area is 216 Å². The molecule has 34 heavy (non-hydrogen) atoms. The Morgan fingerprint density at radius 3 is 1.50 bits per heavy atom. The lowest BCUT2D eigenvalue weighted by atomic mass is 9.79. The standard InChI is InChI=1S/C29H25NS4/c1-14-6-7-21(31-14)23-12-19-26(33-23)15-10-18-16(11-17(15)28(19,2)3)27-20(29(18,4)5)13-24(34-27)22-8-9-25(30)32-22/h6-13H,30H2,1-5H3. The molecule has 2 aliphatic rings. The Morgan fingerprint density at radius 2 is 1.06 bits per heavy atom. The van der Waals surface area contributed by atoms with Crippen LogP contribution in [0.4, 0.5) is 5.00 Å². The van der Waals surface area contributed by atoms with Crippen LogP contribution in [0.1, 0.15) is 54.8 Å². The smallest absolute Gasteiger partial charge is 0.0863 e. The molecule has 2 aliphatic carbocycles. The van der Waals surface area contributed by atoms with E-state index in [0.29, 0.717) is 0 Å². The van der Waals surface area contributed by atoms with Gasteiger partial charge in [-0.2, -0.15) is 0 Å². The molecule has 0 radical (unpaired) electrons. The molecule has 4 heterocycles. The van der Waals surface area contributed by atoms with Gasteiger partial charge in [-0.25, -0.2) is 0 Å². The fraction of sp³-hybridized carbons (Fsp3) is 0.241. The van der Waals surface area contributed by atoms with E-state index in [9.17, 15) is 0 Å². The van der Waals surface area contributed by atoms with E-state index in [1.165, 1.54) is 67.5 Å². The number of anilines is 1. The SMILES string of the molecule is Cc1ccc(-c2cc3c(s2)-c2cc4c(cc2C3(C)C)-c2sc(-c3ccc(N)s3)cc2C4(C)C)s1. The number of hydrogen-bond donors (Lipinski definition) is 1. The lowest BCUT2D eigenvalue weighted by Gasteiger charge is -2.24. The lowest BCUT2D eigenvalue weighted by molar-refractivity contribution is 0.653. The Balaban J connectivity index is 1.40. The molecule has 0 amide bonds. The van der Waals surface area contributed by atoms with Crippen LogP contribution < -0.4 is 5.73 Å². The number of nitrogen functional groups attached to an aromatic ring is 1. The van der Waals surface area contributed by atoms with Crippen molar-refractivity contribution in [1.82, 2.24) is 0 Å². The highest BCUT2D eigenvalue weighted by molar-refractivity contribution is 7.25. The van der Waals surface area contributed by atoms with Crippen molar-refractivity contribution in [1.29, 1.82) is 0 Å². The highest BCUT2D eigenvalue weighted by atomic mass is 32.1. The van der Waals surface area contributed by atoms with Crippen LogP contribution in [0.25, 0.3) is 40.4 Å². The number of benzene rings is 1. The zero-order valence-corrected chi connectivity index (χ0v) is 23.1. The summed E-state index contributed by atoms with van der Waals surface area (Å²) in [5, 5.41) is 0.881. The molecule has 0 saturated heterocycles. The van der Waals surface area contributed by atoms with Crippen molar-refractivity contribution < 1.29 is 0 Å². The summed E-state index contributed by atoms with van der Waals surface area (Å²) in [4.78, 5) is 9.67. The van der Waals surface area contributed by atoms with Crippen LogP contribution in [0.2, 0.25) is 0 Å². The van der Waals surface area contributed by atoms with Crippen LogP contribution in [0.15, 0.2) is 48.5 Å². The topological polar surface area (TPSA) is 26.0 Å². The van der Waals surface area contributed by atoms with E-state index in [1.54, 1.807) is 11.3 Å². The van der Waals surface area contributed by atoms with Crippen molar-refractivity contribution in [3.8, 4) is 40.4 Å². The molecule has 0 spiro atoms. The Bertz CT molecular complexity index is 1510. The number of thiophene rings is 4. The summed E-state index contributed by atoms with van der Waals surface area (Å²) in [6.45, 7) is 11.8. The third kappa shape index (κ3) is 2.70. The summed E-state index contributed by atoms with van der Waals surface area (Å²) in [6.07, 6.45) is 0. The van der Waals surface area contributed by atoms with Gasteiger partial charge in [0.05, 0.1) is 5.00 Å². The first-order valence-electron chi connectivity index (χ1n) is 11.6. The highest BCUT2D eigenvalue weighted by Crippen LogP contribution is 2.60. The number of hydrogen-bond acceptors (Lipinski definition) is 5. The molecule has 7 rings (SSSR count). The van der Waals surface area contributed by atoms with Gasteiger partial charge in [-0.15, -0.1) is 45.3 Å². The van der Waals surface area contributed by atoms with Crippen molar-refractivity contribution in [3.05, 3.63) is 75.7 Å². The second kappa shape index (κ2) is 6.73. The third-order valence-electron chi connectivity index (χ3n) is 7.66. The van der Waals surface area contributed by atoms with Crippen LogP contribution >= 0.6 is 45.3 Å². The monoisotopic (exact) mass is 515 g/mol. The largest absolute Gasteiger partial charge is 0.391 e. The van der Waals surface area contributed by atoms with E-state index in [-0.39, 0.29) is 10.8 Å². The van der Waals surface area contributed by atoms with Gasteiger partial charge in [0.15, 0.2) is 0 Å². The van der Waals surface area contributed by atoms with Gasteiger partial charge in [0.2, 0.25) is 0 Å². The number of nitrogens with two attached hydrogens (primary N) is 1. The van der Waals surface area contributed by atoms with E-state index in [0.717, 1.165) is 5.00 Å². The van der Waals surface area contributed by atoms with Crippen LogP contribution in [0.5, 0.6) is 0 Å². The summed E-state index contributed by atoms with van der Waals surface area (Å²) in [5.41, 5.74) is 14.8. The predicted octanol–water partition coefficient (Wildman–Crippen LogP) is 9.77. The lowest BCUT2D eigenvalue weighted by Crippen LogP contribution is -2.16. The van der Waals surface area contributed by atoms with Crippen molar-refractivity contribution >= 4 is 50.3 Å². The van der Waals surface area contributed by atoms with Crippen LogP contribution in [0.3, 0.4) is 0 Å². The van der Waals surface area contributed by atoms with Gasteiger partial charge in [-0.1, -0.05) is 27.7 Å². The minimum Gasteiger partial charge on any atom is -0.391 e. The van der Waals surface area contributed by atoms with Crippen molar-refractivity contribution in [2.24, 2.45) is 0 Å². The normalized spacial score (nSPS) is 16.4. The molecule has 1 nitrogen and oxygen atoms in total. The maximum atomic E-state index is 6.03. The third-order valence-corrected chi connectivity index (χ3v) is 12.3. The Morgan fingerprint density at radius 1 is 0.559 bits per heavy atom. The first-order valence-corrected chi connectivity index (χ1v) is 14.8. The molecule has 1 aromatic carbocycles. The van der Waals surface area contributed by atoms with Gasteiger partial charge in [0.1, 0.15) is 0 Å². The minimum atomic E-state index is -0.00486. The zero-order chi connectivity index (χ0) is 23.6. The quantitative estimate of drug-likeness (QED) is 0.249. The first-order chi connectivity index (χ1) is 16.1. The Kier molecular flexibility index (Phi) is 4.18. The Hall–Kier alpha value is -2.18. The molecular formula is C29H25NS4. The number of aryl methyl sites for hydroxylation is 1. The molecular weight excluding hydrogens is 491 g/mol. The maximum absolute atomic E-state index is 6.03. The van der Waals surface area contributed by atoms with E-state index in [1.807, 2.05) is 40.1 Å². The van der Waals surface area contributed by atoms with E-state index in [4.69, 9.17) is 5.73 Å². The summed E-state index contributed by atoms with van der Waals surface area (Å²) < 4.78 is 0. The molecule has 5 aromatic rings. The average molecular weight is 516 g/mol. The molecule has 0 saturated carbocycles. The maximum Gasteiger partial charge on any atom is 0.0863 e. The van der Waals surface area contributed by atoms with Gasteiger partial charge in [-0.3, -0.25) is 0 Å². The summed E-state index contributed by atoms with van der Waals surface area (Å²) in [5.74, 6) is 0. The van der Waals surface area contributed by atoms with E-state index < -0.39 is 0 Å². The van der Waals surface area contributed by atoms with Gasteiger partial charge in [-0.05, 0) is 88.8 Å². The van der Waals surface area contributed by atoms with Crippen molar-refractivity contribution in [3.63, 3.8) is 0 Å². The molecule has 0 aliphatic heterocycles. The zero-order valence-electron chi connectivity index (χ0n) is 19.8. The van der Waals surface area contributed by atoms with Gasteiger partial charge in [0.25, 0.3) is 0 Å². The van der Waals surface area contributed by atoms with Gasteiger partial charge >= 0.3 is 0 Å². The van der Waals surface area contributed by atoms with Gasteiger partial charge < -0.3 is 5.73 Å². The summed E-state index contributed by atoms with van der Waals surface area (Å²) >= 11 is 7.48. The molecule has 0 bridgehead atoms. The van der Waals surface area contributed by atoms with Crippen molar-refractivity contribution in [2.75, 3.05) is 5.73 Å². The minimum absolute atomic E-state index is 0.00486. The highest BCUT2D eigenvalue weighted by Gasteiger charge is 2.43. The molecule has 5 heteroatoms. The van der Waals surface area contributed by atoms with Crippen LogP contribution in [0, 0.1) is 6.92 Å². The van der Waals surface area contributed by atoms with E-state index in [2.05, 4.69) is 77.1 Å². The second-order valence-electron chi connectivity index (χ2n) is 10.5. The van der Waals surface area contributed by atoms with Crippen molar-refractivity contribution in [2.45, 2.75) is 45.4 Å². The fourth-order valence-corrected chi connectivity index (χ4v) is 10.2. The summed E-state index contributed by atoms with van der Waals surface area (Å²) in [6, 6.07) is 18.6. The molecule has 0 unspecified atom stereocenters. The molecule has 170 valence electrons. The number of rotatable bonds is 2. The molecule has 0 fully saturated rings. The predicted molar refractivity (Wildman–Crippen MR) is 153 cm³/mol. The van der Waals surface area contributed by atoms with E-state index >= 15 is 0 Å².